The van der Waals surface area contributed by atoms with Crippen LogP contribution in [0.3, 0.4) is 0 Å². The van der Waals surface area contributed by atoms with Crippen molar-refractivity contribution in [3.05, 3.63) is 42.0 Å². The molecule has 0 unspecified atom stereocenters. The Bertz CT molecular complexity index is 587. The molecule has 0 saturated carbocycles. The van der Waals surface area contributed by atoms with E-state index in [4.69, 9.17) is 10.00 Å². The Kier molecular flexibility index (Phi) is 3.81. The highest BCUT2D eigenvalue weighted by Gasteiger charge is 2.08. The topological polar surface area (TPSA) is 36.3 Å². The first-order valence-corrected chi connectivity index (χ1v) is 5.90. The molecule has 2 aromatic rings. The number of anilines is 1. The summed E-state index contributed by atoms with van der Waals surface area (Å²) in [6.07, 6.45) is 0. The van der Waals surface area contributed by atoms with Gasteiger partial charge in [0.25, 0.3) is 0 Å². The number of nitriles is 1. The molecule has 0 atom stereocenters. The molecule has 0 aliphatic rings. The normalized spacial score (nSPS) is 10.3. The number of nitrogens with zero attached hydrogens (tertiary/aromatic N) is 2. The number of fused-ring (bicyclic) bond motifs is 1. The number of benzene rings is 2. The quantitative estimate of drug-likeness (QED) is 0.824. The van der Waals surface area contributed by atoms with Crippen LogP contribution >= 0.6 is 0 Å². The minimum absolute atomic E-state index is 0.685. The zero-order valence-corrected chi connectivity index (χ0v) is 10.7. The number of likely N-dealkylation sites (N-methyl/N-ethyl adjacent to an activating group) is 1. The molecule has 0 bridgehead atoms. The molecule has 2 aromatic carbocycles. The second kappa shape index (κ2) is 5.52. The van der Waals surface area contributed by atoms with E-state index in [9.17, 15) is 0 Å². The summed E-state index contributed by atoms with van der Waals surface area (Å²) < 4.78 is 5.10. The summed E-state index contributed by atoms with van der Waals surface area (Å²) in [4.78, 5) is 2.15. The fraction of sp³-hybridized carbons (Fsp3) is 0.267. The lowest BCUT2D eigenvalue weighted by atomic mass is 10.0. The van der Waals surface area contributed by atoms with Crippen molar-refractivity contribution in [3.8, 4) is 6.07 Å². The van der Waals surface area contributed by atoms with Gasteiger partial charge in [-0.3, -0.25) is 0 Å². The van der Waals surface area contributed by atoms with Gasteiger partial charge in [0.1, 0.15) is 0 Å². The monoisotopic (exact) mass is 240 g/mol. The number of methoxy groups -OCH3 is 1. The zero-order chi connectivity index (χ0) is 13.0. The van der Waals surface area contributed by atoms with E-state index >= 15 is 0 Å². The number of rotatable bonds is 4. The van der Waals surface area contributed by atoms with Crippen molar-refractivity contribution >= 4 is 16.5 Å². The predicted octanol–water partition coefficient (Wildman–Crippen LogP) is 2.79. The number of hydrogen-bond acceptors (Lipinski definition) is 3. The predicted molar refractivity (Wildman–Crippen MR) is 73.8 cm³/mol. The largest absolute Gasteiger partial charge is 0.383 e. The van der Waals surface area contributed by atoms with Gasteiger partial charge in [0.05, 0.1) is 18.2 Å². The van der Waals surface area contributed by atoms with Crippen molar-refractivity contribution in [2.24, 2.45) is 0 Å². The van der Waals surface area contributed by atoms with Crippen LogP contribution < -0.4 is 4.90 Å². The van der Waals surface area contributed by atoms with Gasteiger partial charge in [0.2, 0.25) is 0 Å². The van der Waals surface area contributed by atoms with Gasteiger partial charge in [-0.25, -0.2) is 0 Å². The van der Waals surface area contributed by atoms with Crippen LogP contribution in [0.15, 0.2) is 36.4 Å². The Balaban J connectivity index is 2.50. The van der Waals surface area contributed by atoms with Crippen LogP contribution in [0.2, 0.25) is 0 Å². The average molecular weight is 240 g/mol. The van der Waals surface area contributed by atoms with Gasteiger partial charge in [-0.05, 0) is 12.1 Å². The van der Waals surface area contributed by atoms with E-state index in [-0.39, 0.29) is 0 Å². The summed E-state index contributed by atoms with van der Waals surface area (Å²) in [5.41, 5.74) is 1.84. The van der Waals surface area contributed by atoms with Crippen molar-refractivity contribution in [1.29, 1.82) is 5.26 Å². The molecule has 0 aliphatic carbocycles. The minimum atomic E-state index is 0.685. The molecule has 0 radical (unpaired) electrons. The van der Waals surface area contributed by atoms with E-state index in [0.717, 1.165) is 28.6 Å². The van der Waals surface area contributed by atoms with Crippen LogP contribution in [0, 0.1) is 11.3 Å². The van der Waals surface area contributed by atoms with E-state index < -0.39 is 0 Å². The highest BCUT2D eigenvalue weighted by atomic mass is 16.5. The lowest BCUT2D eigenvalue weighted by molar-refractivity contribution is 0.206. The van der Waals surface area contributed by atoms with Crippen LogP contribution in [0.5, 0.6) is 0 Å². The molecule has 0 heterocycles. The summed E-state index contributed by atoms with van der Waals surface area (Å²) in [6, 6.07) is 14.1. The molecular weight excluding hydrogens is 224 g/mol. The first kappa shape index (κ1) is 12.4. The minimum Gasteiger partial charge on any atom is -0.383 e. The maximum atomic E-state index is 9.12. The smallest absolute Gasteiger partial charge is 0.0998 e. The fourth-order valence-corrected chi connectivity index (χ4v) is 2.06. The molecule has 92 valence electrons. The first-order valence-electron chi connectivity index (χ1n) is 5.90. The van der Waals surface area contributed by atoms with E-state index in [2.05, 4.69) is 17.0 Å². The molecule has 3 heteroatoms. The van der Waals surface area contributed by atoms with Crippen LogP contribution in [-0.2, 0) is 4.74 Å². The summed E-state index contributed by atoms with van der Waals surface area (Å²) in [5.74, 6) is 0. The van der Waals surface area contributed by atoms with E-state index in [1.165, 1.54) is 0 Å². The maximum absolute atomic E-state index is 9.12. The third kappa shape index (κ3) is 2.29. The third-order valence-corrected chi connectivity index (χ3v) is 3.06. The molecule has 3 nitrogen and oxygen atoms in total. The molecule has 0 saturated heterocycles. The Hall–Kier alpha value is -2.05. The van der Waals surface area contributed by atoms with Gasteiger partial charge in [0, 0.05) is 37.2 Å². The molecule has 18 heavy (non-hydrogen) atoms. The second-order valence-electron chi connectivity index (χ2n) is 4.20. The van der Waals surface area contributed by atoms with Gasteiger partial charge < -0.3 is 9.64 Å². The fourth-order valence-electron chi connectivity index (χ4n) is 2.06. The number of hydrogen-bond donors (Lipinski definition) is 0. The lowest BCUT2D eigenvalue weighted by Gasteiger charge is -2.21. The Morgan fingerprint density at radius 2 is 1.89 bits per heavy atom. The van der Waals surface area contributed by atoms with Crippen LogP contribution in [0.25, 0.3) is 10.8 Å². The second-order valence-corrected chi connectivity index (χ2v) is 4.20. The van der Waals surface area contributed by atoms with Gasteiger partial charge in [0.15, 0.2) is 0 Å². The van der Waals surface area contributed by atoms with E-state index in [0.29, 0.717) is 6.61 Å². The van der Waals surface area contributed by atoms with Crippen molar-refractivity contribution < 1.29 is 4.74 Å². The van der Waals surface area contributed by atoms with Crippen molar-refractivity contribution in [2.45, 2.75) is 0 Å². The molecule has 0 amide bonds. The standard InChI is InChI=1S/C15H16N2O/c1-17(9-10-18-2)15-8-7-12(11-16)13-5-3-4-6-14(13)15/h3-8H,9-10H2,1-2H3. The maximum Gasteiger partial charge on any atom is 0.0998 e. The van der Waals surface area contributed by atoms with Crippen molar-refractivity contribution in [2.75, 3.05) is 32.2 Å². The van der Waals surface area contributed by atoms with E-state index in [1.807, 2.05) is 37.4 Å². The Labute approximate surface area is 107 Å². The highest BCUT2D eigenvalue weighted by molar-refractivity contribution is 5.97. The van der Waals surface area contributed by atoms with Crippen molar-refractivity contribution in [3.63, 3.8) is 0 Å². The lowest BCUT2D eigenvalue weighted by Crippen LogP contribution is -2.22. The highest BCUT2D eigenvalue weighted by Crippen LogP contribution is 2.28. The summed E-state index contributed by atoms with van der Waals surface area (Å²) in [5, 5.41) is 11.2. The summed E-state index contributed by atoms with van der Waals surface area (Å²) in [7, 11) is 3.73. The van der Waals surface area contributed by atoms with Crippen LogP contribution in [0.1, 0.15) is 5.56 Å². The van der Waals surface area contributed by atoms with Gasteiger partial charge in [-0.2, -0.15) is 5.26 Å². The van der Waals surface area contributed by atoms with Crippen LogP contribution in [-0.4, -0.2) is 27.3 Å². The van der Waals surface area contributed by atoms with Crippen molar-refractivity contribution in [1.82, 2.24) is 0 Å². The Morgan fingerprint density at radius 3 is 2.56 bits per heavy atom. The SMILES string of the molecule is COCCN(C)c1ccc(C#N)c2ccccc12. The molecule has 0 spiro atoms. The van der Waals surface area contributed by atoms with Gasteiger partial charge in [-0.15, -0.1) is 0 Å². The zero-order valence-electron chi connectivity index (χ0n) is 10.7. The van der Waals surface area contributed by atoms with Crippen LogP contribution in [0.4, 0.5) is 5.69 Å². The summed E-state index contributed by atoms with van der Waals surface area (Å²) >= 11 is 0. The molecule has 2 rings (SSSR count). The number of ether oxygens (including phenoxy) is 1. The summed E-state index contributed by atoms with van der Waals surface area (Å²) in [6.45, 7) is 1.51. The van der Waals surface area contributed by atoms with Gasteiger partial charge in [-0.1, -0.05) is 24.3 Å². The average Bonchev–Trinajstić information content (AvgIpc) is 2.43. The van der Waals surface area contributed by atoms with Gasteiger partial charge >= 0.3 is 0 Å². The molecule has 0 aromatic heterocycles. The first-order chi connectivity index (χ1) is 8.77. The third-order valence-electron chi connectivity index (χ3n) is 3.06. The molecule has 0 N–H and O–H groups in total. The molecular formula is C15H16N2O. The Morgan fingerprint density at radius 1 is 1.17 bits per heavy atom. The van der Waals surface area contributed by atoms with E-state index in [1.54, 1.807) is 7.11 Å². The molecule has 0 aliphatic heterocycles. The molecule has 0 fully saturated rings.